The van der Waals surface area contributed by atoms with Crippen molar-refractivity contribution < 1.29 is 12.8 Å². The Hall–Kier alpha value is -2.86. The van der Waals surface area contributed by atoms with E-state index in [1.807, 2.05) is 6.92 Å². The molecule has 0 unspecified atom stereocenters. The van der Waals surface area contributed by atoms with Gasteiger partial charge < -0.3 is 5.32 Å². The fourth-order valence-corrected chi connectivity index (χ4v) is 3.39. The largest absolute Gasteiger partial charge is 0.351 e. The Bertz CT molecular complexity index is 986. The minimum atomic E-state index is -3.74. The normalized spacial score (nSPS) is 11.1. The van der Waals surface area contributed by atoms with Crippen molar-refractivity contribution >= 4 is 27.1 Å². The van der Waals surface area contributed by atoms with Crippen LogP contribution in [0.1, 0.15) is 5.56 Å². The standard InChI is InChI=1S/C19H17FN2O2S/c1-14-10-12-15(13-11-14)25(23,24)22-19-9-5-4-8-18(19)21-17-7-3-2-6-16(17)20/h2-13,21-22H,1H3. The van der Waals surface area contributed by atoms with Crippen LogP contribution in [-0.2, 0) is 10.0 Å². The van der Waals surface area contributed by atoms with Gasteiger partial charge in [-0.15, -0.1) is 0 Å². The van der Waals surface area contributed by atoms with E-state index >= 15 is 0 Å². The zero-order valence-electron chi connectivity index (χ0n) is 13.5. The Morgan fingerprint density at radius 1 is 0.760 bits per heavy atom. The Kier molecular flexibility index (Phi) is 4.72. The van der Waals surface area contributed by atoms with Crippen molar-refractivity contribution in [1.82, 2.24) is 0 Å². The zero-order chi connectivity index (χ0) is 17.9. The summed E-state index contributed by atoms with van der Waals surface area (Å²) in [6.07, 6.45) is 0. The first kappa shape index (κ1) is 17.0. The molecule has 0 bridgehead atoms. The summed E-state index contributed by atoms with van der Waals surface area (Å²) in [7, 11) is -3.74. The third-order valence-corrected chi connectivity index (χ3v) is 5.03. The zero-order valence-corrected chi connectivity index (χ0v) is 14.3. The Labute approximate surface area is 146 Å². The molecule has 0 aliphatic heterocycles. The predicted molar refractivity (Wildman–Crippen MR) is 98.1 cm³/mol. The average Bonchev–Trinajstić information content (AvgIpc) is 2.59. The molecule has 0 fully saturated rings. The molecule has 0 aromatic heterocycles. The van der Waals surface area contributed by atoms with Gasteiger partial charge >= 0.3 is 0 Å². The molecule has 6 heteroatoms. The lowest BCUT2D eigenvalue weighted by Gasteiger charge is -2.14. The van der Waals surface area contributed by atoms with Crippen molar-refractivity contribution in [3.63, 3.8) is 0 Å². The SMILES string of the molecule is Cc1ccc(S(=O)(=O)Nc2ccccc2Nc2ccccc2F)cc1. The Balaban J connectivity index is 1.91. The molecule has 2 N–H and O–H groups in total. The van der Waals surface area contributed by atoms with E-state index in [0.29, 0.717) is 11.4 Å². The van der Waals surface area contributed by atoms with Crippen LogP contribution in [0.25, 0.3) is 0 Å². The molecule has 25 heavy (non-hydrogen) atoms. The highest BCUT2D eigenvalue weighted by Crippen LogP contribution is 2.28. The van der Waals surface area contributed by atoms with Gasteiger partial charge in [-0.2, -0.15) is 0 Å². The molecular weight excluding hydrogens is 339 g/mol. The number of hydrogen-bond acceptors (Lipinski definition) is 3. The van der Waals surface area contributed by atoms with Crippen LogP contribution in [0.5, 0.6) is 0 Å². The summed E-state index contributed by atoms with van der Waals surface area (Å²) in [6.45, 7) is 1.89. The first-order chi connectivity index (χ1) is 12.0. The first-order valence-corrected chi connectivity index (χ1v) is 9.14. The van der Waals surface area contributed by atoms with E-state index in [2.05, 4.69) is 10.0 Å². The summed E-state index contributed by atoms with van der Waals surface area (Å²) in [5.41, 5.74) is 2.04. The maximum absolute atomic E-state index is 13.8. The molecule has 3 aromatic carbocycles. The molecular formula is C19H17FN2O2S. The molecule has 0 atom stereocenters. The lowest BCUT2D eigenvalue weighted by Crippen LogP contribution is -2.14. The van der Waals surface area contributed by atoms with Gasteiger partial charge in [-0.25, -0.2) is 12.8 Å². The van der Waals surface area contributed by atoms with Gasteiger partial charge in [0.15, 0.2) is 0 Å². The van der Waals surface area contributed by atoms with Gasteiger partial charge in [-0.1, -0.05) is 42.0 Å². The molecule has 0 amide bonds. The van der Waals surface area contributed by atoms with Crippen LogP contribution in [0.4, 0.5) is 21.5 Å². The van der Waals surface area contributed by atoms with Crippen molar-refractivity contribution in [1.29, 1.82) is 0 Å². The number of aryl methyl sites for hydroxylation is 1. The third kappa shape index (κ3) is 3.97. The number of hydrogen-bond donors (Lipinski definition) is 2. The lowest BCUT2D eigenvalue weighted by molar-refractivity contribution is 0.601. The van der Waals surface area contributed by atoms with E-state index in [1.165, 1.54) is 6.07 Å². The predicted octanol–water partition coefficient (Wildman–Crippen LogP) is 4.68. The molecule has 3 aromatic rings. The van der Waals surface area contributed by atoms with Gasteiger partial charge in [0.25, 0.3) is 10.0 Å². The van der Waals surface area contributed by atoms with Gasteiger partial charge in [-0.05, 0) is 43.3 Å². The molecule has 0 aliphatic rings. The maximum Gasteiger partial charge on any atom is 0.261 e. The van der Waals surface area contributed by atoms with Crippen LogP contribution in [0, 0.1) is 12.7 Å². The molecule has 128 valence electrons. The van der Waals surface area contributed by atoms with E-state index in [9.17, 15) is 12.8 Å². The minimum absolute atomic E-state index is 0.166. The summed E-state index contributed by atoms with van der Waals surface area (Å²) < 4.78 is 41.5. The maximum atomic E-state index is 13.8. The molecule has 0 spiro atoms. The molecule has 0 radical (unpaired) electrons. The fourth-order valence-electron chi connectivity index (χ4n) is 2.31. The number of para-hydroxylation sites is 3. The topological polar surface area (TPSA) is 58.2 Å². The Morgan fingerprint density at radius 2 is 1.32 bits per heavy atom. The summed E-state index contributed by atoms with van der Waals surface area (Å²) in [6, 6.07) is 19.5. The van der Waals surface area contributed by atoms with E-state index in [1.54, 1.807) is 66.7 Å². The van der Waals surface area contributed by atoms with E-state index in [4.69, 9.17) is 0 Å². The van der Waals surface area contributed by atoms with Crippen molar-refractivity contribution in [2.45, 2.75) is 11.8 Å². The number of benzene rings is 3. The highest BCUT2D eigenvalue weighted by molar-refractivity contribution is 7.92. The van der Waals surface area contributed by atoms with Crippen molar-refractivity contribution in [2.75, 3.05) is 10.0 Å². The second kappa shape index (κ2) is 6.94. The quantitative estimate of drug-likeness (QED) is 0.698. The van der Waals surface area contributed by atoms with E-state index in [0.717, 1.165) is 5.56 Å². The highest BCUT2D eigenvalue weighted by atomic mass is 32.2. The van der Waals surface area contributed by atoms with Crippen LogP contribution >= 0.6 is 0 Å². The average molecular weight is 356 g/mol. The second-order valence-electron chi connectivity index (χ2n) is 5.57. The number of halogens is 1. The monoisotopic (exact) mass is 356 g/mol. The van der Waals surface area contributed by atoms with Crippen molar-refractivity contribution in [3.8, 4) is 0 Å². The van der Waals surface area contributed by atoms with Gasteiger partial charge in [-0.3, -0.25) is 4.72 Å². The van der Waals surface area contributed by atoms with Gasteiger partial charge in [0, 0.05) is 0 Å². The van der Waals surface area contributed by atoms with Crippen LogP contribution in [-0.4, -0.2) is 8.42 Å². The number of sulfonamides is 1. The van der Waals surface area contributed by atoms with Gasteiger partial charge in [0.2, 0.25) is 0 Å². The van der Waals surface area contributed by atoms with E-state index < -0.39 is 15.8 Å². The number of rotatable bonds is 5. The second-order valence-corrected chi connectivity index (χ2v) is 7.25. The van der Waals surface area contributed by atoms with Gasteiger partial charge in [0.05, 0.1) is 22.0 Å². The summed E-state index contributed by atoms with van der Waals surface area (Å²) in [5, 5.41) is 2.92. The summed E-state index contributed by atoms with van der Waals surface area (Å²) in [5.74, 6) is -0.418. The first-order valence-electron chi connectivity index (χ1n) is 7.66. The Morgan fingerprint density at radius 3 is 1.96 bits per heavy atom. The number of nitrogens with one attached hydrogen (secondary N) is 2. The molecule has 3 rings (SSSR count). The molecule has 0 aliphatic carbocycles. The molecule has 0 saturated heterocycles. The summed E-state index contributed by atoms with van der Waals surface area (Å²) in [4.78, 5) is 0.166. The van der Waals surface area contributed by atoms with Crippen molar-refractivity contribution in [3.05, 3.63) is 84.2 Å². The van der Waals surface area contributed by atoms with Crippen molar-refractivity contribution in [2.24, 2.45) is 0 Å². The number of anilines is 3. The van der Waals surface area contributed by atoms with Crippen LogP contribution in [0.3, 0.4) is 0 Å². The minimum Gasteiger partial charge on any atom is -0.351 e. The molecule has 0 saturated carbocycles. The lowest BCUT2D eigenvalue weighted by atomic mass is 10.2. The molecule has 0 heterocycles. The smallest absolute Gasteiger partial charge is 0.261 e. The summed E-state index contributed by atoms with van der Waals surface area (Å²) >= 11 is 0. The molecule has 4 nitrogen and oxygen atoms in total. The van der Waals surface area contributed by atoms with Gasteiger partial charge in [0.1, 0.15) is 5.82 Å². The third-order valence-electron chi connectivity index (χ3n) is 3.65. The van der Waals surface area contributed by atoms with E-state index in [-0.39, 0.29) is 10.6 Å². The highest BCUT2D eigenvalue weighted by Gasteiger charge is 2.16. The van der Waals surface area contributed by atoms with Crippen LogP contribution < -0.4 is 10.0 Å². The fraction of sp³-hybridized carbons (Fsp3) is 0.0526. The van der Waals surface area contributed by atoms with Crippen LogP contribution in [0.15, 0.2) is 77.7 Å². The van der Waals surface area contributed by atoms with Crippen LogP contribution in [0.2, 0.25) is 0 Å².